The van der Waals surface area contributed by atoms with Crippen LogP contribution in [0.3, 0.4) is 0 Å². The lowest BCUT2D eigenvalue weighted by atomic mass is 9.92. The van der Waals surface area contributed by atoms with Crippen LogP contribution in [0.1, 0.15) is 47.0 Å². The zero-order valence-corrected chi connectivity index (χ0v) is 14.3. The van der Waals surface area contributed by atoms with Gasteiger partial charge in [0.05, 0.1) is 0 Å². The fourth-order valence-electron chi connectivity index (χ4n) is 3.87. The van der Waals surface area contributed by atoms with Gasteiger partial charge in [-0.25, -0.2) is 4.79 Å². The summed E-state index contributed by atoms with van der Waals surface area (Å²) in [5.74, 6) is 1.99. The maximum atomic E-state index is 12.4. The molecule has 0 spiro atoms. The van der Waals surface area contributed by atoms with E-state index >= 15 is 0 Å². The molecule has 4 heteroatoms. The van der Waals surface area contributed by atoms with E-state index in [0.29, 0.717) is 17.9 Å². The van der Waals surface area contributed by atoms with Crippen molar-refractivity contribution in [3.05, 3.63) is 0 Å². The van der Waals surface area contributed by atoms with Gasteiger partial charge in [-0.15, -0.1) is 0 Å². The smallest absolute Gasteiger partial charge is 0.317 e. The molecule has 2 saturated heterocycles. The Kier molecular flexibility index (Phi) is 5.91. The van der Waals surface area contributed by atoms with Gasteiger partial charge in [-0.2, -0.15) is 0 Å². The molecule has 0 bridgehead atoms. The largest absolute Gasteiger partial charge is 0.335 e. The predicted octanol–water partition coefficient (Wildman–Crippen LogP) is 2.79. The number of hydrogen-bond acceptors (Lipinski definition) is 2. The number of urea groups is 1. The molecule has 0 aromatic carbocycles. The van der Waals surface area contributed by atoms with Gasteiger partial charge in [-0.3, -0.25) is 0 Å². The molecule has 2 heterocycles. The van der Waals surface area contributed by atoms with Gasteiger partial charge < -0.3 is 15.1 Å². The van der Waals surface area contributed by atoms with Crippen molar-refractivity contribution >= 4 is 6.03 Å². The summed E-state index contributed by atoms with van der Waals surface area (Å²) in [6.45, 7) is 14.3. The fraction of sp³-hybridized carbons (Fsp3) is 0.941. The second-order valence-electron chi connectivity index (χ2n) is 7.77. The number of likely N-dealkylation sites (tertiary alicyclic amines) is 2. The van der Waals surface area contributed by atoms with E-state index in [1.165, 1.54) is 13.0 Å². The van der Waals surface area contributed by atoms with Gasteiger partial charge in [0.15, 0.2) is 0 Å². The molecule has 2 rings (SSSR count). The van der Waals surface area contributed by atoms with Crippen LogP contribution in [0.4, 0.5) is 4.79 Å². The number of rotatable bonds is 3. The molecule has 2 fully saturated rings. The lowest BCUT2D eigenvalue weighted by Gasteiger charge is -2.38. The molecule has 0 radical (unpaired) electrons. The minimum atomic E-state index is 0.163. The summed E-state index contributed by atoms with van der Waals surface area (Å²) in [7, 11) is 0. The van der Waals surface area contributed by atoms with Crippen LogP contribution in [0.25, 0.3) is 0 Å². The van der Waals surface area contributed by atoms with E-state index < -0.39 is 0 Å². The molecule has 21 heavy (non-hydrogen) atoms. The Labute approximate surface area is 130 Å². The summed E-state index contributed by atoms with van der Waals surface area (Å²) in [5, 5.41) is 3.26. The maximum Gasteiger partial charge on any atom is 0.317 e. The van der Waals surface area contributed by atoms with Crippen molar-refractivity contribution in [2.45, 2.75) is 53.0 Å². The van der Waals surface area contributed by atoms with Crippen LogP contribution in [0.2, 0.25) is 0 Å². The summed E-state index contributed by atoms with van der Waals surface area (Å²) in [4.78, 5) is 17.0. The first-order chi connectivity index (χ1) is 9.94. The van der Waals surface area contributed by atoms with Gasteiger partial charge in [0.25, 0.3) is 0 Å². The highest BCUT2D eigenvalue weighted by Crippen LogP contribution is 2.21. The molecule has 1 N–H and O–H groups in total. The number of piperidine rings is 2. The lowest BCUT2D eigenvalue weighted by Crippen LogP contribution is -2.52. The third-order valence-corrected chi connectivity index (χ3v) is 4.69. The Hall–Kier alpha value is -0.770. The van der Waals surface area contributed by atoms with Crippen molar-refractivity contribution in [3.8, 4) is 0 Å². The topological polar surface area (TPSA) is 35.6 Å². The normalized spacial score (nSPS) is 28.9. The van der Waals surface area contributed by atoms with Crippen molar-refractivity contribution in [1.82, 2.24) is 15.1 Å². The van der Waals surface area contributed by atoms with Crippen molar-refractivity contribution < 1.29 is 4.79 Å². The fourth-order valence-corrected chi connectivity index (χ4v) is 3.87. The molecule has 0 aromatic rings. The van der Waals surface area contributed by atoms with Gasteiger partial charge in [0.2, 0.25) is 0 Å². The Morgan fingerprint density at radius 1 is 1.14 bits per heavy atom. The Bertz CT molecular complexity index is 327. The zero-order chi connectivity index (χ0) is 15.4. The highest BCUT2D eigenvalue weighted by atomic mass is 16.2. The van der Waals surface area contributed by atoms with Gasteiger partial charge in [-0.05, 0) is 37.0 Å². The van der Waals surface area contributed by atoms with E-state index in [4.69, 9.17) is 0 Å². The SMILES string of the molecule is CC(C)CN1CCC(NC(=O)N2CC(C)CC(C)C2)CC1. The first-order valence-electron chi connectivity index (χ1n) is 8.71. The molecule has 2 aliphatic rings. The summed E-state index contributed by atoms with van der Waals surface area (Å²) in [6.07, 6.45) is 3.44. The van der Waals surface area contributed by atoms with Crippen LogP contribution in [-0.4, -0.2) is 54.6 Å². The van der Waals surface area contributed by atoms with E-state index in [1.807, 2.05) is 4.90 Å². The number of carbonyl (C=O) groups is 1. The van der Waals surface area contributed by atoms with Crippen molar-refractivity contribution in [1.29, 1.82) is 0 Å². The number of amides is 2. The summed E-state index contributed by atoms with van der Waals surface area (Å²) >= 11 is 0. The first kappa shape index (κ1) is 16.6. The molecule has 122 valence electrons. The highest BCUT2D eigenvalue weighted by Gasteiger charge is 2.27. The number of nitrogens with one attached hydrogen (secondary N) is 1. The minimum Gasteiger partial charge on any atom is -0.335 e. The third kappa shape index (κ3) is 5.17. The summed E-state index contributed by atoms with van der Waals surface area (Å²) in [5.41, 5.74) is 0. The molecule has 0 aromatic heterocycles. The van der Waals surface area contributed by atoms with Crippen LogP contribution in [-0.2, 0) is 0 Å². The minimum absolute atomic E-state index is 0.163. The van der Waals surface area contributed by atoms with E-state index in [-0.39, 0.29) is 6.03 Å². The lowest BCUT2D eigenvalue weighted by molar-refractivity contribution is 0.134. The van der Waals surface area contributed by atoms with Crippen LogP contribution in [0, 0.1) is 17.8 Å². The van der Waals surface area contributed by atoms with Crippen molar-refractivity contribution in [2.24, 2.45) is 17.8 Å². The Morgan fingerprint density at radius 3 is 2.24 bits per heavy atom. The van der Waals surface area contributed by atoms with E-state index in [9.17, 15) is 4.79 Å². The van der Waals surface area contributed by atoms with Crippen molar-refractivity contribution in [3.63, 3.8) is 0 Å². The quantitative estimate of drug-likeness (QED) is 0.869. The summed E-state index contributed by atoms with van der Waals surface area (Å²) in [6, 6.07) is 0.532. The summed E-state index contributed by atoms with van der Waals surface area (Å²) < 4.78 is 0. The second kappa shape index (κ2) is 7.48. The van der Waals surface area contributed by atoms with E-state index in [2.05, 4.69) is 37.9 Å². The van der Waals surface area contributed by atoms with Gasteiger partial charge >= 0.3 is 6.03 Å². The molecule has 0 saturated carbocycles. The molecular formula is C17H33N3O. The van der Waals surface area contributed by atoms with Gasteiger partial charge in [0.1, 0.15) is 0 Å². The van der Waals surface area contributed by atoms with Gasteiger partial charge in [-0.1, -0.05) is 27.7 Å². The molecule has 2 unspecified atom stereocenters. The van der Waals surface area contributed by atoms with Gasteiger partial charge in [0, 0.05) is 38.8 Å². The molecule has 0 aliphatic carbocycles. The van der Waals surface area contributed by atoms with Crippen LogP contribution in [0.15, 0.2) is 0 Å². The van der Waals surface area contributed by atoms with Crippen LogP contribution >= 0.6 is 0 Å². The Morgan fingerprint density at radius 2 is 1.71 bits per heavy atom. The standard InChI is InChI=1S/C17H33N3O/c1-13(2)10-19-7-5-16(6-8-19)18-17(21)20-11-14(3)9-15(4)12-20/h13-16H,5-12H2,1-4H3,(H,18,21). The average Bonchev–Trinajstić information content (AvgIpc) is 2.39. The molecular weight excluding hydrogens is 262 g/mol. The first-order valence-corrected chi connectivity index (χ1v) is 8.71. The monoisotopic (exact) mass is 295 g/mol. The molecule has 4 nitrogen and oxygen atoms in total. The zero-order valence-electron chi connectivity index (χ0n) is 14.3. The average molecular weight is 295 g/mol. The Balaban J connectivity index is 1.74. The van der Waals surface area contributed by atoms with E-state index in [1.54, 1.807) is 0 Å². The second-order valence-corrected chi connectivity index (χ2v) is 7.77. The van der Waals surface area contributed by atoms with Crippen LogP contribution in [0.5, 0.6) is 0 Å². The predicted molar refractivity (Wildman–Crippen MR) is 87.3 cm³/mol. The number of nitrogens with zero attached hydrogens (tertiary/aromatic N) is 2. The number of carbonyl (C=O) groups excluding carboxylic acids is 1. The molecule has 2 atom stereocenters. The molecule has 2 amide bonds. The van der Waals surface area contributed by atoms with Crippen molar-refractivity contribution in [2.75, 3.05) is 32.7 Å². The van der Waals surface area contributed by atoms with Crippen LogP contribution < -0.4 is 5.32 Å². The number of hydrogen-bond donors (Lipinski definition) is 1. The highest BCUT2D eigenvalue weighted by molar-refractivity contribution is 5.74. The van der Waals surface area contributed by atoms with E-state index in [0.717, 1.165) is 44.9 Å². The molecule has 2 aliphatic heterocycles. The maximum absolute atomic E-state index is 12.4. The third-order valence-electron chi connectivity index (χ3n) is 4.69.